The van der Waals surface area contributed by atoms with Gasteiger partial charge in [-0.1, -0.05) is 12.1 Å². The number of alkyl halides is 3. The molecule has 0 aromatic heterocycles. The van der Waals surface area contributed by atoms with Crippen LogP contribution in [0.3, 0.4) is 0 Å². The maximum atomic E-state index is 13.0. The van der Waals surface area contributed by atoms with Crippen LogP contribution in [0.4, 0.5) is 24.5 Å². The number of aldehydes is 1. The maximum Gasteiger partial charge on any atom is 0.449 e. The topological polar surface area (TPSA) is 32.7 Å². The first kappa shape index (κ1) is 12.7. The van der Waals surface area contributed by atoms with Crippen LogP contribution in [0.15, 0.2) is 35.3 Å². The second-order valence-electron chi connectivity index (χ2n) is 4.48. The zero-order valence-corrected chi connectivity index (χ0v) is 10.4. The first-order valence-electron chi connectivity index (χ1n) is 5.84. The predicted octanol–water partition coefficient (Wildman–Crippen LogP) is 3.69. The van der Waals surface area contributed by atoms with Gasteiger partial charge in [-0.2, -0.15) is 13.2 Å². The molecule has 0 amide bonds. The van der Waals surface area contributed by atoms with E-state index in [1.165, 1.54) is 25.2 Å². The highest BCUT2D eigenvalue weighted by Crippen LogP contribution is 2.41. The van der Waals surface area contributed by atoms with Crippen molar-refractivity contribution in [2.75, 3.05) is 11.9 Å². The molecule has 0 radical (unpaired) electrons. The lowest BCUT2D eigenvalue weighted by Gasteiger charge is -2.28. The SMILES string of the molecule is CN1C(C(F)(F)F)=Nc2cccc3c(C=O)ccc1c23. The van der Waals surface area contributed by atoms with E-state index in [9.17, 15) is 18.0 Å². The average Bonchev–Trinajstić information content (AvgIpc) is 2.41. The fourth-order valence-electron chi connectivity index (χ4n) is 2.42. The maximum absolute atomic E-state index is 13.0. The van der Waals surface area contributed by atoms with Crippen LogP contribution < -0.4 is 4.90 Å². The standard InChI is InChI=1S/C14H9F3N2O/c1-19-11-6-5-8(7-20)9-3-2-4-10(12(9)11)18-13(19)14(15,16)17/h2-7H,1H3. The Bertz CT molecular complexity index is 750. The van der Waals surface area contributed by atoms with E-state index in [4.69, 9.17) is 0 Å². The summed E-state index contributed by atoms with van der Waals surface area (Å²) in [5.41, 5.74) is 1.06. The monoisotopic (exact) mass is 278 g/mol. The molecule has 0 fully saturated rings. The Labute approximate surface area is 112 Å². The molecule has 0 N–H and O–H groups in total. The van der Waals surface area contributed by atoms with E-state index < -0.39 is 12.0 Å². The van der Waals surface area contributed by atoms with Gasteiger partial charge in [-0.25, -0.2) is 4.99 Å². The minimum atomic E-state index is -4.53. The van der Waals surface area contributed by atoms with Crippen molar-refractivity contribution in [3.05, 3.63) is 35.9 Å². The van der Waals surface area contributed by atoms with E-state index in [2.05, 4.69) is 4.99 Å². The number of hydrogen-bond donors (Lipinski definition) is 0. The molecule has 0 saturated carbocycles. The molecule has 1 aliphatic heterocycles. The summed E-state index contributed by atoms with van der Waals surface area (Å²) in [7, 11) is 1.32. The zero-order valence-electron chi connectivity index (χ0n) is 10.4. The summed E-state index contributed by atoms with van der Waals surface area (Å²) < 4.78 is 39.0. The van der Waals surface area contributed by atoms with Gasteiger partial charge in [0.05, 0.1) is 11.4 Å². The number of rotatable bonds is 1. The molecule has 0 unspecified atom stereocenters. The van der Waals surface area contributed by atoms with Crippen molar-refractivity contribution in [2.24, 2.45) is 4.99 Å². The minimum Gasteiger partial charge on any atom is -0.325 e. The lowest BCUT2D eigenvalue weighted by Crippen LogP contribution is -2.39. The second-order valence-corrected chi connectivity index (χ2v) is 4.48. The molecular formula is C14H9F3N2O. The highest BCUT2D eigenvalue weighted by atomic mass is 19.4. The number of amidine groups is 1. The fraction of sp³-hybridized carbons (Fsp3) is 0.143. The van der Waals surface area contributed by atoms with Gasteiger partial charge in [-0.15, -0.1) is 0 Å². The van der Waals surface area contributed by atoms with Gasteiger partial charge in [0.2, 0.25) is 5.84 Å². The summed E-state index contributed by atoms with van der Waals surface area (Å²) in [6.07, 6.45) is -3.84. The van der Waals surface area contributed by atoms with Crippen LogP contribution in [0.1, 0.15) is 10.4 Å². The van der Waals surface area contributed by atoms with Crippen LogP contribution in [-0.4, -0.2) is 25.3 Å². The average molecular weight is 278 g/mol. The number of hydrogen-bond acceptors (Lipinski definition) is 3. The molecule has 3 nitrogen and oxygen atoms in total. The van der Waals surface area contributed by atoms with Crippen LogP contribution in [-0.2, 0) is 0 Å². The zero-order chi connectivity index (χ0) is 14.5. The minimum absolute atomic E-state index is 0.228. The Hall–Kier alpha value is -2.37. The van der Waals surface area contributed by atoms with Gasteiger partial charge in [0.15, 0.2) is 6.29 Å². The molecular weight excluding hydrogens is 269 g/mol. The van der Waals surface area contributed by atoms with Crippen molar-refractivity contribution in [1.29, 1.82) is 0 Å². The van der Waals surface area contributed by atoms with Gasteiger partial charge in [0, 0.05) is 18.0 Å². The van der Waals surface area contributed by atoms with E-state index in [1.54, 1.807) is 12.1 Å². The Morgan fingerprint density at radius 1 is 1.20 bits per heavy atom. The summed E-state index contributed by atoms with van der Waals surface area (Å²) >= 11 is 0. The number of carbonyl (C=O) groups is 1. The molecule has 20 heavy (non-hydrogen) atoms. The van der Waals surface area contributed by atoms with Crippen molar-refractivity contribution in [3.8, 4) is 0 Å². The van der Waals surface area contributed by atoms with Gasteiger partial charge in [0.1, 0.15) is 0 Å². The smallest absolute Gasteiger partial charge is 0.325 e. The van der Waals surface area contributed by atoms with Crippen molar-refractivity contribution in [2.45, 2.75) is 6.18 Å². The first-order chi connectivity index (χ1) is 9.43. The number of benzene rings is 2. The van der Waals surface area contributed by atoms with E-state index in [0.29, 0.717) is 28.3 Å². The van der Waals surface area contributed by atoms with E-state index in [1.807, 2.05) is 0 Å². The van der Waals surface area contributed by atoms with Crippen molar-refractivity contribution in [3.63, 3.8) is 0 Å². The lowest BCUT2D eigenvalue weighted by molar-refractivity contribution is -0.0599. The molecule has 0 aliphatic carbocycles. The Kier molecular flexibility index (Phi) is 2.57. The number of halogens is 3. The molecule has 1 heterocycles. The highest BCUT2D eigenvalue weighted by Gasteiger charge is 2.41. The number of aliphatic imine (C=N–C) groups is 1. The Morgan fingerprint density at radius 3 is 2.60 bits per heavy atom. The number of nitrogens with zero attached hydrogens (tertiary/aromatic N) is 2. The van der Waals surface area contributed by atoms with E-state index in [-0.39, 0.29) is 5.69 Å². The van der Waals surface area contributed by atoms with Gasteiger partial charge in [-0.05, 0) is 23.6 Å². The molecule has 3 rings (SSSR count). The van der Waals surface area contributed by atoms with Crippen LogP contribution >= 0.6 is 0 Å². The van der Waals surface area contributed by atoms with Gasteiger partial charge >= 0.3 is 6.18 Å². The van der Waals surface area contributed by atoms with E-state index >= 15 is 0 Å². The fourth-order valence-corrected chi connectivity index (χ4v) is 2.42. The molecule has 0 saturated heterocycles. The summed E-state index contributed by atoms with van der Waals surface area (Å²) in [6.45, 7) is 0. The molecule has 0 spiro atoms. The van der Waals surface area contributed by atoms with Gasteiger partial charge in [0.25, 0.3) is 0 Å². The molecule has 1 aliphatic rings. The number of anilines is 1. The largest absolute Gasteiger partial charge is 0.449 e. The van der Waals surface area contributed by atoms with Gasteiger partial charge < -0.3 is 4.90 Å². The van der Waals surface area contributed by atoms with Crippen molar-refractivity contribution >= 4 is 34.3 Å². The summed E-state index contributed by atoms with van der Waals surface area (Å²) in [4.78, 5) is 15.7. The third-order valence-corrected chi connectivity index (χ3v) is 3.32. The summed E-state index contributed by atoms with van der Waals surface area (Å²) in [5.74, 6) is -0.962. The predicted molar refractivity (Wildman–Crippen MR) is 70.9 cm³/mol. The molecule has 0 atom stereocenters. The third kappa shape index (κ3) is 1.68. The van der Waals surface area contributed by atoms with Gasteiger partial charge in [-0.3, -0.25) is 4.79 Å². The summed E-state index contributed by atoms with van der Waals surface area (Å²) in [5, 5.41) is 1.17. The highest BCUT2D eigenvalue weighted by molar-refractivity contribution is 6.18. The molecule has 2 aromatic carbocycles. The first-order valence-corrected chi connectivity index (χ1v) is 5.84. The van der Waals surface area contributed by atoms with E-state index in [0.717, 1.165) is 4.90 Å². The molecule has 102 valence electrons. The van der Waals surface area contributed by atoms with Crippen LogP contribution in [0.2, 0.25) is 0 Å². The normalized spacial score (nSPS) is 14.4. The van der Waals surface area contributed by atoms with Crippen LogP contribution in [0.25, 0.3) is 10.8 Å². The quantitative estimate of drug-likeness (QED) is 0.745. The lowest BCUT2D eigenvalue weighted by atomic mass is 10.00. The number of carbonyl (C=O) groups excluding carboxylic acids is 1. The Morgan fingerprint density at radius 2 is 1.95 bits per heavy atom. The third-order valence-electron chi connectivity index (χ3n) is 3.32. The second kappa shape index (κ2) is 4.06. The molecule has 2 aromatic rings. The molecule has 0 bridgehead atoms. The van der Waals surface area contributed by atoms with Crippen LogP contribution in [0.5, 0.6) is 0 Å². The van der Waals surface area contributed by atoms with Crippen LogP contribution in [0, 0.1) is 0 Å². The molecule has 6 heteroatoms. The Balaban J connectivity index is 2.39. The van der Waals surface area contributed by atoms with Crippen molar-refractivity contribution < 1.29 is 18.0 Å². The van der Waals surface area contributed by atoms with Crippen molar-refractivity contribution in [1.82, 2.24) is 0 Å². The summed E-state index contributed by atoms with van der Waals surface area (Å²) in [6, 6.07) is 7.84.